The molecule has 188 valence electrons. The molecule has 2 N–H and O–H groups in total. The fraction of sp³-hybridized carbons (Fsp3) is 0.357. The number of thiophene rings is 1. The molecule has 1 aliphatic heterocycles. The lowest BCUT2D eigenvalue weighted by atomic mass is 9.69. The van der Waals surface area contributed by atoms with Gasteiger partial charge in [-0.3, -0.25) is 4.79 Å². The van der Waals surface area contributed by atoms with Crippen LogP contribution in [-0.4, -0.2) is 11.9 Å². The largest absolute Gasteiger partial charge is 0.423 e. The van der Waals surface area contributed by atoms with Crippen molar-refractivity contribution in [3.05, 3.63) is 79.6 Å². The van der Waals surface area contributed by atoms with Crippen LogP contribution in [0.4, 0.5) is 5.00 Å². The van der Waals surface area contributed by atoms with E-state index in [-0.39, 0.29) is 22.7 Å². The maximum absolute atomic E-state index is 13.1. The van der Waals surface area contributed by atoms with Crippen molar-refractivity contribution in [2.24, 2.45) is 11.3 Å². The number of halogens is 2. The van der Waals surface area contributed by atoms with Crippen molar-refractivity contribution in [2.45, 2.75) is 52.6 Å². The number of hydrogen-bond acceptors (Lipinski definition) is 5. The number of carbonyl (C=O) groups excluding carboxylic acids is 2. The first-order chi connectivity index (χ1) is 17.2. The summed E-state index contributed by atoms with van der Waals surface area (Å²) in [7, 11) is 0. The van der Waals surface area contributed by atoms with Crippen molar-refractivity contribution < 1.29 is 14.3 Å². The molecule has 0 radical (unpaired) electrons. The van der Waals surface area contributed by atoms with E-state index in [1.165, 1.54) is 22.6 Å². The molecule has 3 aromatic rings. The fourth-order valence-corrected chi connectivity index (χ4v) is 6.80. The summed E-state index contributed by atoms with van der Waals surface area (Å²) in [5.74, 6) is 0.417. The lowest BCUT2D eigenvalue weighted by molar-refractivity contribution is 0.0734. The van der Waals surface area contributed by atoms with Crippen LogP contribution in [0.5, 0.6) is 5.75 Å². The van der Waals surface area contributed by atoms with Gasteiger partial charge in [0, 0.05) is 9.90 Å². The summed E-state index contributed by atoms with van der Waals surface area (Å²) < 4.78 is 5.47. The van der Waals surface area contributed by atoms with E-state index in [9.17, 15) is 9.59 Å². The summed E-state index contributed by atoms with van der Waals surface area (Å²) >= 11 is 13.7. The Morgan fingerprint density at radius 1 is 1.14 bits per heavy atom. The minimum Gasteiger partial charge on any atom is -0.423 e. The highest BCUT2D eigenvalue weighted by molar-refractivity contribution is 7.16. The normalized spacial score (nSPS) is 19.1. The third kappa shape index (κ3) is 4.74. The van der Waals surface area contributed by atoms with Gasteiger partial charge in [-0.15, -0.1) is 11.3 Å². The molecule has 2 atom stereocenters. The number of hydrogen-bond donors (Lipinski definition) is 2. The molecule has 2 heterocycles. The molecular formula is C28H28Cl2N2O3S. The van der Waals surface area contributed by atoms with Crippen LogP contribution in [0.1, 0.15) is 76.5 Å². The maximum atomic E-state index is 13.1. The molecule has 0 saturated carbocycles. The molecule has 1 aromatic heterocycles. The molecule has 8 heteroatoms. The number of nitrogens with one attached hydrogen (secondary N) is 2. The molecule has 0 unspecified atom stereocenters. The lowest BCUT2D eigenvalue weighted by Gasteiger charge is -2.36. The molecule has 0 fully saturated rings. The van der Waals surface area contributed by atoms with Crippen molar-refractivity contribution in [3.8, 4) is 5.75 Å². The third-order valence-electron chi connectivity index (χ3n) is 7.63. The molecule has 1 amide bonds. The molecule has 5 nitrogen and oxygen atoms in total. The zero-order valence-electron chi connectivity index (χ0n) is 20.4. The average molecular weight is 544 g/mol. The Balaban J connectivity index is 1.30. The molecule has 1 aliphatic carbocycles. The highest BCUT2D eigenvalue weighted by Gasteiger charge is 2.37. The minimum absolute atomic E-state index is 0.0349. The van der Waals surface area contributed by atoms with Gasteiger partial charge in [0.1, 0.15) is 16.9 Å². The van der Waals surface area contributed by atoms with E-state index in [0.29, 0.717) is 22.1 Å². The first-order valence-corrected chi connectivity index (χ1v) is 13.7. The smallest absolute Gasteiger partial charge is 0.345 e. The third-order valence-corrected chi connectivity index (χ3v) is 9.37. The van der Waals surface area contributed by atoms with Crippen molar-refractivity contribution in [2.75, 3.05) is 5.32 Å². The summed E-state index contributed by atoms with van der Waals surface area (Å²) in [5, 5.41) is 8.23. The average Bonchev–Trinajstić information content (AvgIpc) is 3.22. The molecule has 0 bridgehead atoms. The molecular weight excluding hydrogens is 515 g/mol. The Bertz CT molecular complexity index is 1330. The van der Waals surface area contributed by atoms with Crippen LogP contribution in [0.2, 0.25) is 10.0 Å². The quantitative estimate of drug-likeness (QED) is 0.256. The number of amides is 1. The van der Waals surface area contributed by atoms with E-state index in [0.717, 1.165) is 41.8 Å². The zero-order valence-corrected chi connectivity index (χ0v) is 22.7. The molecule has 2 aliphatic rings. The van der Waals surface area contributed by atoms with Gasteiger partial charge in [-0.25, -0.2) is 4.79 Å². The van der Waals surface area contributed by atoms with Gasteiger partial charge in [0.05, 0.1) is 16.1 Å². The number of carbonyl (C=O) groups is 2. The van der Waals surface area contributed by atoms with Gasteiger partial charge in [-0.05, 0) is 72.1 Å². The van der Waals surface area contributed by atoms with E-state index >= 15 is 0 Å². The van der Waals surface area contributed by atoms with Crippen molar-refractivity contribution in [1.82, 2.24) is 5.32 Å². The SMILES string of the molecule is CCC(C)(C)[C@H]1CCc2c(sc3c2C(=O)N[C@@H](c2ccc(OC(=O)c4ccc(Cl)cc4Cl)cc2)N3)C1. The van der Waals surface area contributed by atoms with E-state index in [1.807, 2.05) is 12.1 Å². The predicted molar refractivity (Wildman–Crippen MR) is 146 cm³/mol. The van der Waals surface area contributed by atoms with E-state index < -0.39 is 5.97 Å². The Hall–Kier alpha value is -2.54. The van der Waals surface area contributed by atoms with Gasteiger partial charge in [0.15, 0.2) is 0 Å². The van der Waals surface area contributed by atoms with Crippen LogP contribution in [0, 0.1) is 11.3 Å². The van der Waals surface area contributed by atoms with Crippen LogP contribution in [0.25, 0.3) is 0 Å². The standard InChI is InChI=1S/C28H28Cl2N2O3S/c1-4-28(2,3)16-7-11-20-22(13-16)36-26-23(20)25(33)31-24(32-26)15-5-9-18(10-6-15)35-27(34)19-12-8-17(29)14-21(19)30/h5-6,8-10,12,14,16,24,32H,4,7,11,13H2,1-3H3,(H,31,33)/t16-,24+/m0/s1. The summed E-state index contributed by atoms with van der Waals surface area (Å²) in [6.07, 6.45) is 3.90. The van der Waals surface area contributed by atoms with Crippen LogP contribution in [-0.2, 0) is 12.8 Å². The Morgan fingerprint density at radius 2 is 1.89 bits per heavy atom. The van der Waals surface area contributed by atoms with E-state index in [4.69, 9.17) is 27.9 Å². The van der Waals surface area contributed by atoms with Crippen LogP contribution in [0.15, 0.2) is 42.5 Å². The Labute approximate surface area is 225 Å². The van der Waals surface area contributed by atoms with Gasteiger partial charge in [0.25, 0.3) is 5.91 Å². The number of ether oxygens (including phenoxy) is 1. The predicted octanol–water partition coefficient (Wildman–Crippen LogP) is 7.67. The zero-order chi connectivity index (χ0) is 25.6. The molecule has 5 rings (SSSR count). The van der Waals surface area contributed by atoms with Crippen molar-refractivity contribution in [1.29, 1.82) is 0 Å². The summed E-state index contributed by atoms with van der Waals surface area (Å²) in [6.45, 7) is 6.96. The maximum Gasteiger partial charge on any atom is 0.345 e. The van der Waals surface area contributed by atoms with Crippen molar-refractivity contribution in [3.63, 3.8) is 0 Å². The van der Waals surface area contributed by atoms with E-state index in [2.05, 4.69) is 31.4 Å². The summed E-state index contributed by atoms with van der Waals surface area (Å²) in [5.41, 5.74) is 3.43. The van der Waals surface area contributed by atoms with Gasteiger partial charge >= 0.3 is 5.97 Å². The highest BCUT2D eigenvalue weighted by atomic mass is 35.5. The van der Waals surface area contributed by atoms with Crippen LogP contribution < -0.4 is 15.4 Å². The molecule has 0 spiro atoms. The minimum atomic E-state index is -0.563. The second-order valence-corrected chi connectivity index (χ2v) is 12.1. The van der Waals surface area contributed by atoms with Crippen LogP contribution in [0.3, 0.4) is 0 Å². The molecule has 2 aromatic carbocycles. The molecule has 0 saturated heterocycles. The second kappa shape index (κ2) is 9.73. The summed E-state index contributed by atoms with van der Waals surface area (Å²) in [6, 6.07) is 11.7. The van der Waals surface area contributed by atoms with Crippen LogP contribution >= 0.6 is 34.5 Å². The van der Waals surface area contributed by atoms with Crippen molar-refractivity contribution >= 4 is 51.4 Å². The van der Waals surface area contributed by atoms with Gasteiger partial charge in [-0.1, -0.05) is 62.5 Å². The number of esters is 1. The number of rotatable bonds is 5. The Kier molecular flexibility index (Phi) is 6.79. The number of benzene rings is 2. The first kappa shape index (κ1) is 25.1. The topological polar surface area (TPSA) is 67.4 Å². The monoisotopic (exact) mass is 542 g/mol. The summed E-state index contributed by atoms with van der Waals surface area (Å²) in [4.78, 5) is 27.0. The molecule has 36 heavy (non-hydrogen) atoms. The van der Waals surface area contributed by atoms with Gasteiger partial charge in [-0.2, -0.15) is 0 Å². The fourth-order valence-electron chi connectivity index (χ4n) is 4.97. The Morgan fingerprint density at radius 3 is 2.58 bits per heavy atom. The first-order valence-electron chi connectivity index (χ1n) is 12.2. The lowest BCUT2D eigenvalue weighted by Crippen LogP contribution is -2.38. The number of fused-ring (bicyclic) bond motifs is 3. The number of anilines is 1. The second-order valence-electron chi connectivity index (χ2n) is 10.1. The van der Waals surface area contributed by atoms with E-state index in [1.54, 1.807) is 29.5 Å². The van der Waals surface area contributed by atoms with Gasteiger partial charge in [0.2, 0.25) is 0 Å². The highest BCUT2D eigenvalue weighted by Crippen LogP contribution is 2.47. The van der Waals surface area contributed by atoms with Gasteiger partial charge < -0.3 is 15.4 Å².